The van der Waals surface area contributed by atoms with Gasteiger partial charge in [-0.3, -0.25) is 4.79 Å². The Labute approximate surface area is 151 Å². The molecule has 0 bridgehead atoms. The topological polar surface area (TPSA) is 43.2 Å². The van der Waals surface area contributed by atoms with Crippen molar-refractivity contribution in [2.24, 2.45) is 5.92 Å². The van der Waals surface area contributed by atoms with Crippen LogP contribution < -0.4 is 9.98 Å². The number of hydrogen-bond donors (Lipinski definition) is 1. The molecule has 24 heavy (non-hydrogen) atoms. The first kappa shape index (κ1) is 18.2. The Morgan fingerprint density at radius 2 is 1.96 bits per heavy atom. The van der Waals surface area contributed by atoms with E-state index in [1.807, 2.05) is 48.5 Å². The van der Waals surface area contributed by atoms with Crippen molar-refractivity contribution in [3.8, 4) is 0 Å². The lowest BCUT2D eigenvalue weighted by Gasteiger charge is -2.11. The predicted octanol–water partition coefficient (Wildman–Crippen LogP) is 4.43. The monoisotopic (exact) mass is 385 g/mol. The average molecular weight is 386 g/mol. The number of nitrogens with zero attached hydrogens (tertiary/aromatic N) is 1. The molecule has 2 rings (SSSR count). The highest BCUT2D eigenvalue weighted by molar-refractivity contribution is 9.10. The van der Waals surface area contributed by atoms with Gasteiger partial charge in [-0.15, -0.1) is 0 Å². The summed E-state index contributed by atoms with van der Waals surface area (Å²) in [5, 5.41) is 3.02. The van der Waals surface area contributed by atoms with Crippen LogP contribution in [0.3, 0.4) is 0 Å². The number of amides is 1. The summed E-state index contributed by atoms with van der Waals surface area (Å²) in [6, 6.07) is 15.6. The fourth-order valence-corrected chi connectivity index (χ4v) is 2.77. The third-order valence-electron chi connectivity index (χ3n) is 3.95. The molecular weight excluding hydrogens is 364 g/mol. The van der Waals surface area contributed by atoms with E-state index >= 15 is 0 Å². The molecule has 2 aromatic rings. The Kier molecular flexibility index (Phi) is 6.53. The number of rotatable bonds is 6. The summed E-state index contributed by atoms with van der Waals surface area (Å²) in [7, 11) is 0. The van der Waals surface area contributed by atoms with Crippen LogP contribution in [0.2, 0.25) is 0 Å². The van der Waals surface area contributed by atoms with Gasteiger partial charge in [0.1, 0.15) is 0 Å². The summed E-state index contributed by atoms with van der Waals surface area (Å²) in [4.78, 5) is 12.3. The highest BCUT2D eigenvalue weighted by atomic mass is 79.9. The fraction of sp³-hybridized carbons (Fsp3) is 0.250. The zero-order valence-corrected chi connectivity index (χ0v) is 15.6. The minimum atomic E-state index is 0.0180. The molecule has 0 heterocycles. The van der Waals surface area contributed by atoms with Gasteiger partial charge < -0.3 is 5.32 Å². The number of halogens is 1. The van der Waals surface area contributed by atoms with Crippen LogP contribution in [0.5, 0.6) is 0 Å². The molecule has 0 radical (unpaired) electrons. The summed E-state index contributed by atoms with van der Waals surface area (Å²) < 4.78 is 5.13. The Morgan fingerprint density at radius 1 is 1.25 bits per heavy atom. The summed E-state index contributed by atoms with van der Waals surface area (Å²) in [6.07, 6.45) is 1.49. The van der Waals surface area contributed by atoms with Gasteiger partial charge in [0.2, 0.25) is 5.91 Å². The SMILES string of the molecule is C=[N+]=C(c1ccccc1)c1cc(Br)ccc1NC(=O)C[C@@H](C)CC. The van der Waals surface area contributed by atoms with Crippen LogP contribution in [-0.4, -0.2) is 18.3 Å². The normalized spacial score (nSPS) is 11.5. The van der Waals surface area contributed by atoms with Crippen LogP contribution >= 0.6 is 15.9 Å². The molecule has 0 aliphatic carbocycles. The Hall–Kier alpha value is -2.16. The first-order valence-electron chi connectivity index (χ1n) is 8.04. The largest absolute Gasteiger partial charge is 0.342 e. The molecule has 0 saturated heterocycles. The van der Waals surface area contributed by atoms with Crippen LogP contribution in [-0.2, 0) is 4.79 Å². The van der Waals surface area contributed by atoms with E-state index in [4.69, 9.17) is 0 Å². The van der Waals surface area contributed by atoms with Crippen molar-refractivity contribution in [3.05, 3.63) is 64.1 Å². The third kappa shape index (κ3) is 4.67. The van der Waals surface area contributed by atoms with E-state index in [9.17, 15) is 4.79 Å². The van der Waals surface area contributed by atoms with E-state index in [-0.39, 0.29) is 5.91 Å². The zero-order valence-electron chi connectivity index (χ0n) is 14.1. The smallest absolute Gasteiger partial charge is 0.325 e. The number of nitrogens with one attached hydrogen (secondary N) is 1. The second-order valence-electron chi connectivity index (χ2n) is 5.83. The van der Waals surface area contributed by atoms with Crippen molar-refractivity contribution in [2.45, 2.75) is 26.7 Å². The number of carbonyl (C=O) groups is 1. The van der Waals surface area contributed by atoms with E-state index in [1.165, 1.54) is 0 Å². The molecule has 0 spiro atoms. The number of carbonyl (C=O) groups excluding carboxylic acids is 1. The van der Waals surface area contributed by atoms with Gasteiger partial charge in [0.05, 0.1) is 16.8 Å². The summed E-state index contributed by atoms with van der Waals surface area (Å²) in [6.45, 7) is 7.88. The lowest BCUT2D eigenvalue weighted by molar-refractivity contribution is -0.117. The predicted molar refractivity (Wildman–Crippen MR) is 106 cm³/mol. The Balaban J connectivity index is 2.37. The minimum Gasteiger partial charge on any atom is -0.325 e. The van der Waals surface area contributed by atoms with Crippen LogP contribution in [0.15, 0.2) is 53.0 Å². The molecule has 0 fully saturated rings. The highest BCUT2D eigenvalue weighted by Crippen LogP contribution is 2.24. The third-order valence-corrected chi connectivity index (χ3v) is 4.44. The molecule has 1 amide bonds. The average Bonchev–Trinajstić information content (AvgIpc) is 2.58. The molecule has 2 aromatic carbocycles. The lowest BCUT2D eigenvalue weighted by atomic mass is 10.00. The van der Waals surface area contributed by atoms with Gasteiger partial charge >= 0.3 is 5.71 Å². The molecule has 3 nitrogen and oxygen atoms in total. The van der Waals surface area contributed by atoms with Crippen molar-refractivity contribution in [1.82, 2.24) is 4.67 Å². The van der Waals surface area contributed by atoms with Gasteiger partial charge in [-0.25, -0.2) is 0 Å². The van der Waals surface area contributed by atoms with Gasteiger partial charge in [0.25, 0.3) is 6.72 Å². The van der Waals surface area contributed by atoms with E-state index in [1.54, 1.807) is 0 Å². The van der Waals surface area contributed by atoms with Crippen LogP contribution in [0.25, 0.3) is 0 Å². The molecule has 1 atom stereocenters. The second kappa shape index (κ2) is 8.62. The van der Waals surface area contributed by atoms with Crippen molar-refractivity contribution in [3.63, 3.8) is 0 Å². The summed E-state index contributed by atoms with van der Waals surface area (Å²) in [5.41, 5.74) is 3.31. The first-order valence-corrected chi connectivity index (χ1v) is 8.83. The molecule has 124 valence electrons. The Morgan fingerprint density at radius 3 is 2.58 bits per heavy atom. The lowest BCUT2D eigenvalue weighted by Crippen LogP contribution is -2.18. The molecule has 0 aliphatic heterocycles. The van der Waals surface area contributed by atoms with E-state index < -0.39 is 0 Å². The maximum absolute atomic E-state index is 12.3. The minimum absolute atomic E-state index is 0.0180. The number of benzene rings is 2. The zero-order chi connectivity index (χ0) is 17.5. The van der Waals surface area contributed by atoms with E-state index in [0.717, 1.165) is 33.4 Å². The van der Waals surface area contributed by atoms with Crippen LogP contribution in [0.4, 0.5) is 5.69 Å². The molecular formula is C20H22BrN2O+. The first-order chi connectivity index (χ1) is 11.5. The standard InChI is InChI=1S/C20H21BrN2O/c1-4-14(2)12-19(24)23-18-11-10-16(21)13-17(18)20(22-3)15-8-6-5-7-9-15/h5-11,13-14H,3-4,12H2,1-2H3/p+1/t14-/m0/s1. The molecule has 1 N–H and O–H groups in total. The van der Waals surface area contributed by atoms with Gasteiger partial charge in [0, 0.05) is 10.9 Å². The second-order valence-corrected chi connectivity index (χ2v) is 6.74. The number of anilines is 1. The van der Waals surface area contributed by atoms with Gasteiger partial charge in [0.15, 0.2) is 0 Å². The molecule has 4 heteroatoms. The van der Waals surface area contributed by atoms with Crippen molar-refractivity contribution >= 4 is 40.0 Å². The van der Waals surface area contributed by atoms with E-state index in [0.29, 0.717) is 12.3 Å². The van der Waals surface area contributed by atoms with Gasteiger partial charge in [-0.05, 0) is 36.2 Å². The summed E-state index contributed by atoms with van der Waals surface area (Å²) in [5.74, 6) is 0.378. The quantitative estimate of drug-likeness (QED) is 0.579. The molecule has 0 aromatic heterocycles. The maximum atomic E-state index is 12.3. The van der Waals surface area contributed by atoms with Crippen molar-refractivity contribution < 1.29 is 4.79 Å². The van der Waals surface area contributed by atoms with Crippen molar-refractivity contribution in [1.29, 1.82) is 0 Å². The summed E-state index contributed by atoms with van der Waals surface area (Å²) >= 11 is 3.50. The highest BCUT2D eigenvalue weighted by Gasteiger charge is 2.21. The van der Waals surface area contributed by atoms with Gasteiger partial charge in [-0.1, -0.05) is 59.1 Å². The fourth-order valence-electron chi connectivity index (χ4n) is 2.41. The molecule has 0 saturated carbocycles. The van der Waals surface area contributed by atoms with Crippen LogP contribution in [0.1, 0.15) is 37.8 Å². The van der Waals surface area contributed by atoms with Crippen LogP contribution in [0, 0.1) is 5.92 Å². The maximum Gasteiger partial charge on any atom is 0.342 e. The van der Waals surface area contributed by atoms with Gasteiger partial charge in [-0.2, -0.15) is 0 Å². The number of hydrogen-bond acceptors (Lipinski definition) is 1. The van der Waals surface area contributed by atoms with Crippen molar-refractivity contribution in [2.75, 3.05) is 5.32 Å². The Bertz CT molecular complexity index is 764. The van der Waals surface area contributed by atoms with E-state index in [2.05, 4.69) is 46.5 Å². The molecule has 0 aliphatic rings. The molecule has 0 unspecified atom stereocenters.